The summed E-state index contributed by atoms with van der Waals surface area (Å²) >= 11 is 0. The van der Waals surface area contributed by atoms with Crippen molar-refractivity contribution >= 4 is 6.08 Å². The van der Waals surface area contributed by atoms with Gasteiger partial charge in [-0.05, 0) is 30.4 Å². The summed E-state index contributed by atoms with van der Waals surface area (Å²) in [4.78, 5) is 0. The van der Waals surface area contributed by atoms with Crippen LogP contribution in [0.1, 0.15) is 11.1 Å². The highest BCUT2D eigenvalue weighted by Gasteiger charge is 1.88. The average Bonchev–Trinajstić information content (AvgIpc) is 2.06. The van der Waals surface area contributed by atoms with Crippen LogP contribution in [0.2, 0.25) is 0 Å². The Kier molecular flexibility index (Phi) is 2.28. The molecule has 0 saturated carbocycles. The Morgan fingerprint density at radius 2 is 2.27 bits per heavy atom. The van der Waals surface area contributed by atoms with Crippen LogP contribution in [-0.2, 0) is 0 Å². The van der Waals surface area contributed by atoms with Crippen molar-refractivity contribution in [3.05, 3.63) is 47.7 Å². The Bertz CT molecular complexity index is 338. The van der Waals surface area contributed by atoms with Gasteiger partial charge in [0.05, 0.1) is 11.6 Å². The van der Waals surface area contributed by atoms with Gasteiger partial charge in [0.25, 0.3) is 0 Å². The van der Waals surface area contributed by atoms with Gasteiger partial charge in [-0.25, -0.2) is 0 Å². The zero-order valence-electron chi connectivity index (χ0n) is 5.91. The van der Waals surface area contributed by atoms with E-state index in [0.717, 1.165) is 5.56 Å². The standard InChI is InChI=1S/C10H6N/c1-2-4-9-5-3-6-10(7-9)8-11/h1,3-7H. The van der Waals surface area contributed by atoms with E-state index in [1.54, 1.807) is 18.2 Å². The smallest absolute Gasteiger partial charge is 0.0991 e. The van der Waals surface area contributed by atoms with Gasteiger partial charge < -0.3 is 0 Å². The molecule has 0 aliphatic carbocycles. The summed E-state index contributed by atoms with van der Waals surface area (Å²) in [6, 6.07) is 9.20. The van der Waals surface area contributed by atoms with Crippen LogP contribution in [0.5, 0.6) is 0 Å². The molecule has 0 aliphatic heterocycles. The maximum atomic E-state index is 8.51. The first kappa shape index (κ1) is 7.34. The highest BCUT2D eigenvalue weighted by molar-refractivity contribution is 5.51. The van der Waals surface area contributed by atoms with Crippen LogP contribution >= 0.6 is 0 Å². The number of nitrogens with zero attached hydrogens (tertiary/aromatic N) is 1. The first-order chi connectivity index (χ1) is 5.36. The molecule has 0 heterocycles. The minimum atomic E-state index is 0.633. The second-order valence-electron chi connectivity index (χ2n) is 2.05. The lowest BCUT2D eigenvalue weighted by atomic mass is 10.1. The molecule has 0 saturated heterocycles. The second kappa shape index (κ2) is 3.41. The molecular formula is C10H6N. The third-order valence-corrected chi connectivity index (χ3v) is 1.27. The van der Waals surface area contributed by atoms with E-state index in [0.29, 0.717) is 5.56 Å². The van der Waals surface area contributed by atoms with E-state index in [1.165, 1.54) is 0 Å². The van der Waals surface area contributed by atoms with E-state index in [-0.39, 0.29) is 0 Å². The minimum absolute atomic E-state index is 0.633. The molecule has 0 atom stereocenters. The second-order valence-corrected chi connectivity index (χ2v) is 2.05. The third-order valence-electron chi connectivity index (χ3n) is 1.27. The largest absolute Gasteiger partial charge is 0.192 e. The fraction of sp³-hybridized carbons (Fsp3) is 0. The monoisotopic (exact) mass is 140 g/mol. The van der Waals surface area contributed by atoms with Gasteiger partial charge in [-0.1, -0.05) is 12.1 Å². The summed E-state index contributed by atoms with van der Waals surface area (Å²) in [6.45, 7) is 5.06. The Morgan fingerprint density at radius 1 is 1.45 bits per heavy atom. The lowest BCUT2D eigenvalue weighted by Crippen LogP contribution is -1.74. The average molecular weight is 140 g/mol. The van der Waals surface area contributed by atoms with Gasteiger partial charge >= 0.3 is 0 Å². The molecule has 1 nitrogen and oxygen atoms in total. The molecule has 1 radical (unpaired) electrons. The van der Waals surface area contributed by atoms with Crippen molar-refractivity contribution in [3.63, 3.8) is 0 Å². The number of hydrogen-bond acceptors (Lipinski definition) is 1. The predicted molar refractivity (Wildman–Crippen MR) is 43.4 cm³/mol. The van der Waals surface area contributed by atoms with Crippen LogP contribution < -0.4 is 0 Å². The molecule has 0 aliphatic rings. The van der Waals surface area contributed by atoms with Crippen molar-refractivity contribution in [2.24, 2.45) is 0 Å². The van der Waals surface area contributed by atoms with E-state index in [9.17, 15) is 0 Å². The summed E-state index contributed by atoms with van der Waals surface area (Å²) in [7, 11) is 0. The molecule has 1 heteroatoms. The summed E-state index contributed by atoms with van der Waals surface area (Å²) < 4.78 is 0. The quantitative estimate of drug-likeness (QED) is 0.548. The molecule has 1 aromatic carbocycles. The molecule has 0 bridgehead atoms. The molecule has 11 heavy (non-hydrogen) atoms. The Balaban J connectivity index is 3.12. The van der Waals surface area contributed by atoms with E-state index in [2.05, 4.69) is 5.73 Å². The maximum absolute atomic E-state index is 8.51. The third kappa shape index (κ3) is 1.82. The molecule has 0 fully saturated rings. The summed E-state index contributed by atoms with van der Waals surface area (Å²) in [6.07, 6.45) is 1.63. The number of hydrogen-bond donors (Lipinski definition) is 0. The number of benzene rings is 1. The van der Waals surface area contributed by atoms with Gasteiger partial charge in [-0.15, -0.1) is 5.73 Å². The van der Waals surface area contributed by atoms with Crippen molar-refractivity contribution in [1.29, 1.82) is 5.26 Å². The maximum Gasteiger partial charge on any atom is 0.0991 e. The van der Waals surface area contributed by atoms with Crippen molar-refractivity contribution < 1.29 is 0 Å². The molecular weight excluding hydrogens is 134 g/mol. The van der Waals surface area contributed by atoms with E-state index >= 15 is 0 Å². The van der Waals surface area contributed by atoms with Gasteiger partial charge in [0, 0.05) is 0 Å². The first-order valence-electron chi connectivity index (χ1n) is 3.16. The number of rotatable bonds is 1. The van der Waals surface area contributed by atoms with E-state index in [4.69, 9.17) is 11.8 Å². The fourth-order valence-electron chi connectivity index (χ4n) is 0.794. The van der Waals surface area contributed by atoms with Crippen LogP contribution in [0.15, 0.2) is 30.0 Å². The molecule has 0 spiro atoms. The summed E-state index contributed by atoms with van der Waals surface area (Å²) in [5, 5.41) is 8.51. The molecule has 0 aromatic heterocycles. The molecule has 51 valence electrons. The van der Waals surface area contributed by atoms with Gasteiger partial charge in [0.2, 0.25) is 0 Å². The van der Waals surface area contributed by atoms with Crippen LogP contribution in [0.25, 0.3) is 6.08 Å². The molecule has 0 N–H and O–H groups in total. The van der Waals surface area contributed by atoms with Gasteiger partial charge in [-0.3, -0.25) is 0 Å². The molecule has 0 amide bonds. The lowest BCUT2D eigenvalue weighted by molar-refractivity contribution is 1.48. The van der Waals surface area contributed by atoms with Crippen LogP contribution in [0.3, 0.4) is 0 Å². The van der Waals surface area contributed by atoms with Gasteiger partial charge in [-0.2, -0.15) is 5.26 Å². The normalized spacial score (nSPS) is 7.91. The highest BCUT2D eigenvalue weighted by atomic mass is 14.2. The van der Waals surface area contributed by atoms with E-state index in [1.807, 2.05) is 18.2 Å². The van der Waals surface area contributed by atoms with Gasteiger partial charge in [0.15, 0.2) is 0 Å². The minimum Gasteiger partial charge on any atom is -0.192 e. The summed E-state index contributed by atoms with van der Waals surface area (Å²) in [5.41, 5.74) is 3.93. The zero-order valence-corrected chi connectivity index (χ0v) is 5.91. The Labute approximate surface area is 65.9 Å². The molecule has 1 rings (SSSR count). The topological polar surface area (TPSA) is 23.8 Å². The lowest BCUT2D eigenvalue weighted by Gasteiger charge is -1.90. The zero-order chi connectivity index (χ0) is 8.10. The van der Waals surface area contributed by atoms with Crippen molar-refractivity contribution in [1.82, 2.24) is 0 Å². The fourth-order valence-corrected chi connectivity index (χ4v) is 0.794. The van der Waals surface area contributed by atoms with Gasteiger partial charge in [0.1, 0.15) is 0 Å². The summed E-state index contributed by atoms with van der Waals surface area (Å²) in [5.74, 6) is 0. The SMILES string of the molecule is [CH]=C=Cc1cccc(C#N)c1. The first-order valence-corrected chi connectivity index (χ1v) is 3.16. The van der Waals surface area contributed by atoms with Crippen molar-refractivity contribution in [3.8, 4) is 6.07 Å². The van der Waals surface area contributed by atoms with Crippen molar-refractivity contribution in [2.45, 2.75) is 0 Å². The van der Waals surface area contributed by atoms with Crippen molar-refractivity contribution in [2.75, 3.05) is 0 Å². The Hall–Kier alpha value is -1.77. The molecule has 1 aromatic rings. The van der Waals surface area contributed by atoms with Crippen LogP contribution in [0.4, 0.5) is 0 Å². The predicted octanol–water partition coefficient (Wildman–Crippen LogP) is 2.16. The van der Waals surface area contributed by atoms with Crippen LogP contribution in [-0.4, -0.2) is 0 Å². The Morgan fingerprint density at radius 3 is 2.91 bits per heavy atom. The van der Waals surface area contributed by atoms with E-state index < -0.39 is 0 Å². The molecule has 0 unspecified atom stereocenters. The number of nitriles is 1. The van der Waals surface area contributed by atoms with Crippen LogP contribution in [0, 0.1) is 17.9 Å². The highest BCUT2D eigenvalue weighted by Crippen LogP contribution is 2.04.